The van der Waals surface area contributed by atoms with Crippen molar-refractivity contribution in [2.75, 3.05) is 12.8 Å². The topological polar surface area (TPSA) is 35.2 Å². The second-order valence-electron chi connectivity index (χ2n) is 5.05. The zero-order valence-corrected chi connectivity index (χ0v) is 11.0. The van der Waals surface area contributed by atoms with Crippen molar-refractivity contribution in [2.45, 2.75) is 31.6 Å². The van der Waals surface area contributed by atoms with E-state index in [9.17, 15) is 8.78 Å². The molecule has 19 heavy (non-hydrogen) atoms. The molecule has 0 spiro atoms. The first-order valence-corrected chi connectivity index (χ1v) is 6.50. The van der Waals surface area contributed by atoms with E-state index in [1.807, 2.05) is 30.4 Å². The number of ether oxygens (including phenoxy) is 1. The average Bonchev–Trinajstić information content (AvgIpc) is 2.38. The van der Waals surface area contributed by atoms with Crippen LogP contribution in [0.4, 0.5) is 14.5 Å². The molecule has 2 nitrogen and oxygen atoms in total. The van der Waals surface area contributed by atoms with Gasteiger partial charge in [0.2, 0.25) is 5.92 Å². The summed E-state index contributed by atoms with van der Waals surface area (Å²) in [7, 11) is 1.57. The molecule has 104 valence electrons. The average molecular weight is 267 g/mol. The zero-order chi connectivity index (χ0) is 13.9. The Balaban J connectivity index is 1.98. The number of hydrogen-bond donors (Lipinski definition) is 1. The molecule has 1 aromatic carbocycles. The van der Waals surface area contributed by atoms with Crippen LogP contribution in [-0.4, -0.2) is 13.0 Å². The lowest BCUT2D eigenvalue weighted by Crippen LogP contribution is -2.23. The second-order valence-corrected chi connectivity index (χ2v) is 5.05. The molecular formula is C15H19F2NO. The van der Waals surface area contributed by atoms with E-state index < -0.39 is 5.92 Å². The molecule has 0 heterocycles. The van der Waals surface area contributed by atoms with E-state index in [4.69, 9.17) is 10.5 Å². The molecule has 0 atom stereocenters. The maximum atomic E-state index is 13.0. The summed E-state index contributed by atoms with van der Waals surface area (Å²) in [5.41, 5.74) is 7.37. The van der Waals surface area contributed by atoms with Gasteiger partial charge in [-0.1, -0.05) is 18.2 Å². The van der Waals surface area contributed by atoms with E-state index in [0.29, 0.717) is 24.3 Å². The van der Waals surface area contributed by atoms with Gasteiger partial charge in [0.25, 0.3) is 0 Å². The fourth-order valence-electron chi connectivity index (χ4n) is 2.36. The van der Waals surface area contributed by atoms with Crippen molar-refractivity contribution in [1.82, 2.24) is 0 Å². The van der Waals surface area contributed by atoms with Gasteiger partial charge in [0, 0.05) is 12.8 Å². The summed E-state index contributed by atoms with van der Waals surface area (Å²) in [6.45, 7) is 0. The third kappa shape index (κ3) is 3.69. The molecule has 0 aromatic heterocycles. The van der Waals surface area contributed by atoms with Gasteiger partial charge in [-0.05, 0) is 36.5 Å². The lowest BCUT2D eigenvalue weighted by molar-refractivity contribution is -0.0410. The first kappa shape index (κ1) is 13.8. The van der Waals surface area contributed by atoms with E-state index in [0.717, 1.165) is 5.56 Å². The number of allylic oxidation sites excluding steroid dienone is 1. The first-order valence-electron chi connectivity index (χ1n) is 6.50. The van der Waals surface area contributed by atoms with E-state index in [1.165, 1.54) is 0 Å². The molecule has 0 aliphatic heterocycles. The van der Waals surface area contributed by atoms with Crippen molar-refractivity contribution in [1.29, 1.82) is 0 Å². The van der Waals surface area contributed by atoms with Crippen LogP contribution in [0.5, 0.6) is 5.75 Å². The molecule has 1 aromatic rings. The van der Waals surface area contributed by atoms with Crippen molar-refractivity contribution in [3.8, 4) is 5.75 Å². The van der Waals surface area contributed by atoms with Crippen LogP contribution in [-0.2, 0) is 0 Å². The Morgan fingerprint density at radius 2 is 2.00 bits per heavy atom. The van der Waals surface area contributed by atoms with Crippen molar-refractivity contribution < 1.29 is 13.5 Å². The van der Waals surface area contributed by atoms with E-state index >= 15 is 0 Å². The monoisotopic (exact) mass is 267 g/mol. The minimum atomic E-state index is -2.46. The summed E-state index contributed by atoms with van der Waals surface area (Å²) < 4.78 is 31.1. The van der Waals surface area contributed by atoms with Gasteiger partial charge in [-0.2, -0.15) is 0 Å². The number of nitrogens with two attached hydrogens (primary N) is 1. The number of rotatable bonds is 3. The smallest absolute Gasteiger partial charge is 0.248 e. The number of benzene rings is 1. The summed E-state index contributed by atoms with van der Waals surface area (Å²) in [6, 6.07) is 5.54. The highest BCUT2D eigenvalue weighted by Gasteiger charge is 2.33. The highest BCUT2D eigenvalue weighted by atomic mass is 19.3. The van der Waals surface area contributed by atoms with E-state index in [2.05, 4.69) is 0 Å². The standard InChI is InChI=1S/C15H19F2NO/c1-19-14-5-4-12(10-13(14)18)3-2-11-6-8-15(16,17)9-7-11/h2-5,10-11H,6-9,18H2,1H3/b3-2+. The summed E-state index contributed by atoms with van der Waals surface area (Å²) in [5, 5.41) is 0. The quantitative estimate of drug-likeness (QED) is 0.836. The molecule has 2 rings (SSSR count). The highest BCUT2D eigenvalue weighted by molar-refractivity contribution is 5.61. The van der Waals surface area contributed by atoms with Gasteiger partial charge in [-0.25, -0.2) is 8.78 Å². The predicted octanol–water partition coefficient (Wildman–Crippen LogP) is 4.12. The summed E-state index contributed by atoms with van der Waals surface area (Å²) in [6.07, 6.45) is 5.05. The van der Waals surface area contributed by atoms with Gasteiger partial charge >= 0.3 is 0 Å². The SMILES string of the molecule is COc1ccc(/C=C/C2CCC(F)(F)CC2)cc1N. The van der Waals surface area contributed by atoms with Crippen molar-refractivity contribution in [3.63, 3.8) is 0 Å². The van der Waals surface area contributed by atoms with Crippen LogP contribution in [0, 0.1) is 5.92 Å². The largest absolute Gasteiger partial charge is 0.495 e. The molecule has 0 radical (unpaired) electrons. The fraction of sp³-hybridized carbons (Fsp3) is 0.467. The van der Waals surface area contributed by atoms with Gasteiger partial charge in [0.1, 0.15) is 5.75 Å². The lowest BCUT2D eigenvalue weighted by atomic mass is 9.86. The van der Waals surface area contributed by atoms with Crippen LogP contribution in [0.25, 0.3) is 6.08 Å². The minimum absolute atomic E-state index is 0.00718. The molecule has 1 aliphatic carbocycles. The molecule has 1 fully saturated rings. The fourth-order valence-corrected chi connectivity index (χ4v) is 2.36. The van der Waals surface area contributed by atoms with Crippen LogP contribution in [0.2, 0.25) is 0 Å². The first-order chi connectivity index (χ1) is 9.00. The highest BCUT2D eigenvalue weighted by Crippen LogP contribution is 2.36. The molecule has 0 amide bonds. The third-order valence-corrected chi connectivity index (χ3v) is 3.58. The Morgan fingerprint density at radius 1 is 1.32 bits per heavy atom. The number of halogens is 2. The molecule has 4 heteroatoms. The number of anilines is 1. The number of hydrogen-bond acceptors (Lipinski definition) is 2. The predicted molar refractivity (Wildman–Crippen MR) is 73.3 cm³/mol. The number of alkyl halides is 2. The Bertz CT molecular complexity index is 461. The van der Waals surface area contributed by atoms with Gasteiger partial charge in [-0.15, -0.1) is 0 Å². The van der Waals surface area contributed by atoms with Crippen molar-refractivity contribution in [2.24, 2.45) is 5.92 Å². The second kappa shape index (κ2) is 5.59. The van der Waals surface area contributed by atoms with Crippen LogP contribution in [0.1, 0.15) is 31.2 Å². The Hall–Kier alpha value is -1.58. The van der Waals surface area contributed by atoms with Crippen LogP contribution < -0.4 is 10.5 Å². The van der Waals surface area contributed by atoms with Gasteiger partial charge in [-0.3, -0.25) is 0 Å². The Morgan fingerprint density at radius 3 is 2.58 bits per heavy atom. The van der Waals surface area contributed by atoms with Crippen molar-refractivity contribution in [3.05, 3.63) is 29.8 Å². The molecule has 2 N–H and O–H groups in total. The molecular weight excluding hydrogens is 248 g/mol. The number of methoxy groups -OCH3 is 1. The molecule has 0 saturated heterocycles. The molecule has 0 unspecified atom stereocenters. The Kier molecular flexibility index (Phi) is 4.08. The maximum absolute atomic E-state index is 13.0. The summed E-state index contributed by atoms with van der Waals surface area (Å²) in [4.78, 5) is 0. The van der Waals surface area contributed by atoms with Crippen LogP contribution in [0.3, 0.4) is 0 Å². The summed E-state index contributed by atoms with van der Waals surface area (Å²) >= 11 is 0. The third-order valence-electron chi connectivity index (χ3n) is 3.58. The molecule has 1 saturated carbocycles. The van der Waals surface area contributed by atoms with E-state index in [-0.39, 0.29) is 18.8 Å². The van der Waals surface area contributed by atoms with Gasteiger partial charge < -0.3 is 10.5 Å². The molecule has 1 aliphatic rings. The zero-order valence-electron chi connectivity index (χ0n) is 11.0. The number of nitrogen functional groups attached to an aromatic ring is 1. The lowest BCUT2D eigenvalue weighted by Gasteiger charge is -2.26. The normalized spacial score (nSPS) is 19.7. The minimum Gasteiger partial charge on any atom is -0.495 e. The summed E-state index contributed by atoms with van der Waals surface area (Å²) in [5.74, 6) is -1.58. The molecule has 0 bridgehead atoms. The van der Waals surface area contributed by atoms with E-state index in [1.54, 1.807) is 7.11 Å². The van der Waals surface area contributed by atoms with Crippen LogP contribution in [0.15, 0.2) is 24.3 Å². The van der Waals surface area contributed by atoms with Gasteiger partial charge in [0.05, 0.1) is 12.8 Å². The van der Waals surface area contributed by atoms with Crippen LogP contribution >= 0.6 is 0 Å². The maximum Gasteiger partial charge on any atom is 0.248 e. The van der Waals surface area contributed by atoms with Crippen molar-refractivity contribution >= 4 is 11.8 Å². The van der Waals surface area contributed by atoms with Gasteiger partial charge in [0.15, 0.2) is 0 Å². The Labute approximate surface area is 112 Å².